The van der Waals surface area contributed by atoms with Crippen LogP contribution in [0.3, 0.4) is 0 Å². The van der Waals surface area contributed by atoms with Crippen molar-refractivity contribution in [2.24, 2.45) is 0 Å². The summed E-state index contributed by atoms with van der Waals surface area (Å²) < 4.78 is 0. The molecule has 2 aromatic rings. The molecule has 19 heavy (non-hydrogen) atoms. The monoisotopic (exact) mass is 251 g/mol. The van der Waals surface area contributed by atoms with Crippen LogP contribution in [0.5, 0.6) is 0 Å². The first-order valence-electron chi connectivity index (χ1n) is 6.85. The van der Waals surface area contributed by atoms with Crippen molar-refractivity contribution in [1.29, 1.82) is 0 Å². The molecule has 0 spiro atoms. The minimum Gasteiger partial charge on any atom is -0.368 e. The Balaban J connectivity index is 1.82. The molecule has 96 valence electrons. The maximum Gasteiger partial charge on any atom is 0.0385 e. The van der Waals surface area contributed by atoms with Gasteiger partial charge < -0.3 is 15.1 Å². The van der Waals surface area contributed by atoms with Gasteiger partial charge in [-0.1, -0.05) is 0 Å². The second-order valence-electron chi connectivity index (χ2n) is 5.19. The summed E-state index contributed by atoms with van der Waals surface area (Å²) in [4.78, 5) is 4.93. The lowest BCUT2D eigenvalue weighted by Gasteiger charge is -2.37. The molecule has 6 bridgehead atoms. The number of rotatable bonds is 0. The second kappa shape index (κ2) is 4.19. The van der Waals surface area contributed by atoms with Crippen molar-refractivity contribution in [3.05, 3.63) is 48.5 Å². The standard InChI is InChI=1S/C16H17N3/c1-5-15-6-2-13(1)17-14-3-7-16(8-4-14)19-11-9-18(15)10-12-19/h1-8,17H,9-12H2. The molecule has 7 aliphatic heterocycles. The Bertz CT molecular complexity index is 512. The minimum atomic E-state index is 1.09. The summed E-state index contributed by atoms with van der Waals surface area (Å²) in [6.45, 7) is 4.37. The first kappa shape index (κ1) is 10.7. The molecule has 1 fully saturated rings. The van der Waals surface area contributed by atoms with Crippen molar-refractivity contribution >= 4 is 22.7 Å². The summed E-state index contributed by atoms with van der Waals surface area (Å²) >= 11 is 0. The number of anilines is 4. The molecule has 0 unspecified atom stereocenters. The van der Waals surface area contributed by atoms with Crippen LogP contribution in [0.4, 0.5) is 22.7 Å². The van der Waals surface area contributed by atoms with Crippen LogP contribution in [0.2, 0.25) is 0 Å². The molecule has 3 nitrogen and oxygen atoms in total. The lowest BCUT2D eigenvalue weighted by molar-refractivity contribution is 0.654. The van der Waals surface area contributed by atoms with E-state index in [9.17, 15) is 0 Å². The topological polar surface area (TPSA) is 18.5 Å². The number of hydrogen-bond donors (Lipinski definition) is 1. The molecule has 2 aromatic carbocycles. The van der Waals surface area contributed by atoms with Gasteiger partial charge in [0.2, 0.25) is 0 Å². The molecule has 1 N–H and O–H groups in total. The van der Waals surface area contributed by atoms with Crippen LogP contribution in [-0.2, 0) is 0 Å². The molecule has 0 aliphatic carbocycles. The average molecular weight is 251 g/mol. The van der Waals surface area contributed by atoms with Gasteiger partial charge in [0.1, 0.15) is 0 Å². The van der Waals surface area contributed by atoms with E-state index in [-0.39, 0.29) is 0 Å². The Labute approximate surface area is 113 Å². The molecule has 0 atom stereocenters. The number of nitrogens with zero attached hydrogens (tertiary/aromatic N) is 2. The van der Waals surface area contributed by atoms with Crippen molar-refractivity contribution in [3.8, 4) is 0 Å². The van der Waals surface area contributed by atoms with Gasteiger partial charge in [-0.05, 0) is 48.5 Å². The van der Waals surface area contributed by atoms with Crippen LogP contribution in [0.1, 0.15) is 0 Å². The van der Waals surface area contributed by atoms with Gasteiger partial charge in [-0.2, -0.15) is 0 Å². The van der Waals surface area contributed by atoms with E-state index in [4.69, 9.17) is 0 Å². The van der Waals surface area contributed by atoms with E-state index in [1.165, 1.54) is 11.4 Å². The average Bonchev–Trinajstić information content (AvgIpc) is 2.54. The van der Waals surface area contributed by atoms with Crippen molar-refractivity contribution in [3.63, 3.8) is 0 Å². The van der Waals surface area contributed by atoms with Gasteiger partial charge in [0.15, 0.2) is 0 Å². The molecule has 3 heteroatoms. The zero-order valence-electron chi connectivity index (χ0n) is 10.8. The van der Waals surface area contributed by atoms with Gasteiger partial charge >= 0.3 is 0 Å². The molecule has 7 aliphatic rings. The van der Waals surface area contributed by atoms with E-state index < -0.39 is 0 Å². The Hall–Kier alpha value is -2.16. The summed E-state index contributed by atoms with van der Waals surface area (Å²) in [7, 11) is 0. The molecule has 0 aromatic heterocycles. The SMILES string of the molecule is c1cc2ccc1Nc1ccc(cc1)N1CCN2CC1. The summed E-state index contributed by atoms with van der Waals surface area (Å²) in [5.74, 6) is 0. The molecule has 0 saturated carbocycles. The highest BCUT2D eigenvalue weighted by Gasteiger charge is 2.18. The van der Waals surface area contributed by atoms with E-state index in [2.05, 4.69) is 63.6 Å². The van der Waals surface area contributed by atoms with Crippen LogP contribution in [0, 0.1) is 0 Å². The number of piperazine rings is 1. The van der Waals surface area contributed by atoms with Crippen molar-refractivity contribution in [1.82, 2.24) is 0 Å². The Morgan fingerprint density at radius 3 is 1.32 bits per heavy atom. The first-order chi connectivity index (χ1) is 9.38. The lowest BCUT2D eigenvalue weighted by atomic mass is 10.2. The largest absolute Gasteiger partial charge is 0.368 e. The predicted molar refractivity (Wildman–Crippen MR) is 80.6 cm³/mol. The van der Waals surface area contributed by atoms with Crippen LogP contribution in [0.15, 0.2) is 48.5 Å². The molecule has 1 saturated heterocycles. The van der Waals surface area contributed by atoms with E-state index in [1.807, 2.05) is 0 Å². The van der Waals surface area contributed by atoms with Crippen molar-refractivity contribution in [2.45, 2.75) is 0 Å². The van der Waals surface area contributed by atoms with Gasteiger partial charge in [0, 0.05) is 48.9 Å². The number of hydrogen-bond acceptors (Lipinski definition) is 3. The molecular weight excluding hydrogens is 234 g/mol. The molecule has 7 heterocycles. The molecular formula is C16H17N3. The summed E-state index contributed by atoms with van der Waals surface area (Å²) in [6.07, 6.45) is 0. The fraction of sp³-hybridized carbons (Fsp3) is 0.250. The third-order valence-corrected chi connectivity index (χ3v) is 4.03. The third kappa shape index (κ3) is 1.91. The smallest absolute Gasteiger partial charge is 0.0385 e. The van der Waals surface area contributed by atoms with Crippen LogP contribution >= 0.6 is 0 Å². The van der Waals surface area contributed by atoms with E-state index >= 15 is 0 Å². The minimum absolute atomic E-state index is 1.09. The second-order valence-corrected chi connectivity index (χ2v) is 5.19. The Morgan fingerprint density at radius 1 is 0.579 bits per heavy atom. The highest BCUT2D eigenvalue weighted by atomic mass is 15.3. The normalized spacial score (nSPS) is 16.8. The summed E-state index contributed by atoms with van der Waals surface area (Å²) in [5, 5.41) is 3.44. The van der Waals surface area contributed by atoms with Crippen molar-refractivity contribution < 1.29 is 0 Å². The predicted octanol–water partition coefficient (Wildman–Crippen LogP) is 3.07. The maximum atomic E-state index is 3.44. The van der Waals surface area contributed by atoms with Gasteiger partial charge in [-0.15, -0.1) is 0 Å². The van der Waals surface area contributed by atoms with Crippen LogP contribution in [-0.4, -0.2) is 26.2 Å². The molecule has 0 radical (unpaired) electrons. The zero-order chi connectivity index (χ0) is 12.7. The quantitative estimate of drug-likeness (QED) is 0.776. The summed E-state index contributed by atoms with van der Waals surface area (Å²) in [5.41, 5.74) is 4.94. The number of benzene rings is 2. The maximum absolute atomic E-state index is 3.44. The molecule has 0 amide bonds. The highest BCUT2D eigenvalue weighted by molar-refractivity contribution is 5.66. The highest BCUT2D eigenvalue weighted by Crippen LogP contribution is 2.26. The van der Waals surface area contributed by atoms with E-state index in [1.54, 1.807) is 0 Å². The number of nitrogens with one attached hydrogen (secondary N) is 1. The third-order valence-electron chi connectivity index (χ3n) is 4.03. The van der Waals surface area contributed by atoms with Gasteiger partial charge in [0.05, 0.1) is 0 Å². The lowest BCUT2D eigenvalue weighted by Crippen LogP contribution is -2.46. The molecule has 9 rings (SSSR count). The van der Waals surface area contributed by atoms with Crippen molar-refractivity contribution in [2.75, 3.05) is 41.3 Å². The van der Waals surface area contributed by atoms with Crippen LogP contribution < -0.4 is 15.1 Å². The first-order valence-corrected chi connectivity index (χ1v) is 6.85. The van der Waals surface area contributed by atoms with E-state index in [0.717, 1.165) is 37.6 Å². The van der Waals surface area contributed by atoms with Gasteiger partial charge in [0.25, 0.3) is 0 Å². The Morgan fingerprint density at radius 2 is 0.947 bits per heavy atom. The van der Waals surface area contributed by atoms with Gasteiger partial charge in [-0.25, -0.2) is 0 Å². The summed E-state index contributed by atoms with van der Waals surface area (Å²) in [6, 6.07) is 17.5. The Kier molecular flexibility index (Phi) is 2.37. The zero-order valence-corrected chi connectivity index (χ0v) is 10.8. The fourth-order valence-corrected chi connectivity index (χ4v) is 2.90. The van der Waals surface area contributed by atoms with Gasteiger partial charge in [-0.3, -0.25) is 0 Å². The van der Waals surface area contributed by atoms with E-state index in [0.29, 0.717) is 0 Å². The van der Waals surface area contributed by atoms with Crippen LogP contribution in [0.25, 0.3) is 0 Å². The fourth-order valence-electron chi connectivity index (χ4n) is 2.90.